The van der Waals surface area contributed by atoms with E-state index in [1.54, 1.807) is 6.07 Å². The van der Waals surface area contributed by atoms with E-state index in [4.69, 9.17) is 20.8 Å². The number of fused-ring (bicyclic) bond motifs is 3. The molecule has 4 rings (SSSR count). The highest BCUT2D eigenvalue weighted by atomic mass is 35.5. The maximum absolute atomic E-state index is 12.1. The fourth-order valence-electron chi connectivity index (χ4n) is 3.69. The summed E-state index contributed by atoms with van der Waals surface area (Å²) in [5.41, 5.74) is 3.65. The summed E-state index contributed by atoms with van der Waals surface area (Å²) < 4.78 is 11.6. The van der Waals surface area contributed by atoms with Crippen molar-refractivity contribution in [1.29, 1.82) is 0 Å². The Morgan fingerprint density at radius 2 is 1.96 bits per heavy atom. The Kier molecular flexibility index (Phi) is 5.19. The van der Waals surface area contributed by atoms with Crippen molar-refractivity contribution in [2.45, 2.75) is 39.3 Å². The minimum Gasteiger partial charge on any atom is -0.445 e. The first-order valence-corrected chi connectivity index (χ1v) is 9.81. The summed E-state index contributed by atoms with van der Waals surface area (Å²) in [5.74, 6) is 0.818. The van der Waals surface area contributed by atoms with E-state index in [1.165, 1.54) is 10.5 Å². The van der Waals surface area contributed by atoms with E-state index in [9.17, 15) is 4.79 Å². The van der Waals surface area contributed by atoms with E-state index in [-0.39, 0.29) is 5.63 Å². The molecule has 0 bridgehead atoms. The largest absolute Gasteiger partial charge is 0.445 e. The van der Waals surface area contributed by atoms with Crippen LogP contribution in [0.3, 0.4) is 0 Å². The van der Waals surface area contributed by atoms with Gasteiger partial charge in [0.1, 0.15) is 18.8 Å². The van der Waals surface area contributed by atoms with E-state index >= 15 is 0 Å². The number of quaternary nitrogens is 1. The van der Waals surface area contributed by atoms with Crippen LogP contribution in [0.15, 0.2) is 51.7 Å². The monoisotopic (exact) mass is 384 g/mol. The number of nitrogens with one attached hydrogen (secondary N) is 1. The maximum Gasteiger partial charge on any atom is 0.336 e. The molecule has 1 aliphatic rings. The molecule has 0 amide bonds. The van der Waals surface area contributed by atoms with Crippen molar-refractivity contribution in [2.75, 3.05) is 6.73 Å². The van der Waals surface area contributed by atoms with Gasteiger partial charge in [0.05, 0.1) is 5.56 Å². The Morgan fingerprint density at radius 1 is 1.15 bits per heavy atom. The lowest BCUT2D eigenvalue weighted by atomic mass is 10.0. The van der Waals surface area contributed by atoms with Gasteiger partial charge in [0.15, 0.2) is 5.58 Å². The minimum absolute atomic E-state index is 0.285. The highest BCUT2D eigenvalue weighted by Crippen LogP contribution is 2.30. The maximum atomic E-state index is 12.1. The molecule has 1 aliphatic heterocycles. The standard InChI is InChI=1S/C22H22ClNO3/c1-2-3-4-16-11-21(25)27-22-18(16)9-10-20-19(22)13-24(14-26-20)12-15-5-7-17(23)8-6-15/h5-11H,2-4,12-14H2,1H3/p+1. The van der Waals surface area contributed by atoms with Gasteiger partial charge in [-0.05, 0) is 42.7 Å². The second kappa shape index (κ2) is 7.75. The fraction of sp³-hybridized carbons (Fsp3) is 0.318. The Bertz CT molecular complexity index is 1010. The van der Waals surface area contributed by atoms with Crippen LogP contribution in [0.5, 0.6) is 5.75 Å². The Hall–Kier alpha value is -2.30. The molecule has 0 aliphatic carbocycles. The molecule has 2 heterocycles. The Balaban J connectivity index is 1.67. The van der Waals surface area contributed by atoms with Gasteiger partial charge in [0.25, 0.3) is 0 Å². The summed E-state index contributed by atoms with van der Waals surface area (Å²) in [4.78, 5) is 13.4. The smallest absolute Gasteiger partial charge is 0.336 e. The summed E-state index contributed by atoms with van der Waals surface area (Å²) in [6.07, 6.45) is 3.04. The number of hydrogen-bond acceptors (Lipinski definition) is 3. The van der Waals surface area contributed by atoms with Gasteiger partial charge in [-0.2, -0.15) is 0 Å². The topological polar surface area (TPSA) is 43.9 Å². The predicted molar refractivity (Wildman–Crippen MR) is 106 cm³/mol. The van der Waals surface area contributed by atoms with Crippen LogP contribution in [-0.2, 0) is 19.5 Å². The van der Waals surface area contributed by atoms with E-state index in [0.29, 0.717) is 12.3 Å². The first kappa shape index (κ1) is 18.1. The summed E-state index contributed by atoms with van der Waals surface area (Å²) in [6, 6.07) is 13.5. The molecule has 2 aromatic carbocycles. The third kappa shape index (κ3) is 3.87. The Morgan fingerprint density at radius 3 is 2.74 bits per heavy atom. The molecule has 5 heteroatoms. The van der Waals surface area contributed by atoms with Crippen LogP contribution in [0, 0.1) is 0 Å². The van der Waals surface area contributed by atoms with Gasteiger partial charge < -0.3 is 9.15 Å². The third-order valence-corrected chi connectivity index (χ3v) is 5.34. The van der Waals surface area contributed by atoms with Crippen LogP contribution in [0.2, 0.25) is 5.02 Å². The van der Waals surface area contributed by atoms with Crippen LogP contribution in [0.1, 0.15) is 36.5 Å². The third-order valence-electron chi connectivity index (χ3n) is 5.08. The van der Waals surface area contributed by atoms with Gasteiger partial charge in [0, 0.05) is 22.0 Å². The molecule has 3 aromatic rings. The molecule has 140 valence electrons. The lowest BCUT2D eigenvalue weighted by Crippen LogP contribution is -3.10. The first-order valence-electron chi connectivity index (χ1n) is 9.43. The molecular formula is C22H23ClNO3+. The molecular weight excluding hydrogens is 362 g/mol. The van der Waals surface area contributed by atoms with Crippen molar-refractivity contribution in [3.8, 4) is 5.75 Å². The number of halogens is 1. The van der Waals surface area contributed by atoms with Crippen molar-refractivity contribution in [1.82, 2.24) is 0 Å². The highest BCUT2D eigenvalue weighted by molar-refractivity contribution is 6.30. The molecule has 4 nitrogen and oxygen atoms in total. The van der Waals surface area contributed by atoms with Crippen molar-refractivity contribution >= 4 is 22.6 Å². The highest BCUT2D eigenvalue weighted by Gasteiger charge is 2.25. The zero-order valence-electron chi connectivity index (χ0n) is 15.4. The number of aryl methyl sites for hydroxylation is 1. The van der Waals surface area contributed by atoms with Gasteiger partial charge in [-0.1, -0.05) is 37.1 Å². The lowest BCUT2D eigenvalue weighted by molar-refractivity contribution is -0.945. The fourth-order valence-corrected chi connectivity index (χ4v) is 3.82. The first-order chi connectivity index (χ1) is 13.1. The molecule has 0 spiro atoms. The van der Waals surface area contributed by atoms with E-state index in [2.05, 4.69) is 6.92 Å². The van der Waals surface area contributed by atoms with Crippen LogP contribution in [-0.4, -0.2) is 6.73 Å². The van der Waals surface area contributed by atoms with E-state index in [0.717, 1.165) is 59.6 Å². The number of ether oxygens (including phenoxy) is 1. The average molecular weight is 385 g/mol. The van der Waals surface area contributed by atoms with Gasteiger partial charge in [-0.15, -0.1) is 0 Å². The van der Waals surface area contributed by atoms with Gasteiger partial charge in [-0.3, -0.25) is 4.90 Å². The zero-order chi connectivity index (χ0) is 18.8. The number of hydrogen-bond donors (Lipinski definition) is 1. The number of rotatable bonds is 5. The molecule has 1 unspecified atom stereocenters. The summed E-state index contributed by atoms with van der Waals surface area (Å²) in [7, 11) is 0. The molecule has 0 fully saturated rings. The molecule has 1 N–H and O–H groups in total. The minimum atomic E-state index is -0.285. The zero-order valence-corrected chi connectivity index (χ0v) is 16.1. The van der Waals surface area contributed by atoms with Gasteiger partial charge in [0.2, 0.25) is 6.73 Å². The molecule has 1 atom stereocenters. The molecule has 27 heavy (non-hydrogen) atoms. The number of unbranched alkanes of at least 4 members (excludes halogenated alkanes) is 1. The second-order valence-corrected chi connectivity index (χ2v) is 7.57. The van der Waals surface area contributed by atoms with Crippen molar-refractivity contribution in [2.24, 2.45) is 0 Å². The predicted octanol–water partition coefficient (Wildman–Crippen LogP) is 3.72. The summed E-state index contributed by atoms with van der Waals surface area (Å²) >= 11 is 5.98. The summed E-state index contributed by atoms with van der Waals surface area (Å²) in [6.45, 7) is 4.32. The van der Waals surface area contributed by atoms with Gasteiger partial charge >= 0.3 is 5.63 Å². The average Bonchev–Trinajstić information content (AvgIpc) is 2.67. The quantitative estimate of drug-likeness (QED) is 0.682. The van der Waals surface area contributed by atoms with Crippen LogP contribution in [0.25, 0.3) is 11.0 Å². The molecule has 0 radical (unpaired) electrons. The van der Waals surface area contributed by atoms with E-state index < -0.39 is 0 Å². The van der Waals surface area contributed by atoms with Crippen molar-refractivity contribution < 1.29 is 14.1 Å². The van der Waals surface area contributed by atoms with Gasteiger partial charge in [-0.25, -0.2) is 4.79 Å². The normalized spacial score (nSPS) is 16.1. The van der Waals surface area contributed by atoms with Crippen LogP contribution in [0.4, 0.5) is 0 Å². The molecule has 1 aromatic heterocycles. The van der Waals surface area contributed by atoms with Crippen LogP contribution < -0.4 is 15.3 Å². The second-order valence-electron chi connectivity index (χ2n) is 7.13. The summed E-state index contributed by atoms with van der Waals surface area (Å²) in [5, 5.41) is 1.76. The number of benzene rings is 2. The van der Waals surface area contributed by atoms with Crippen LogP contribution >= 0.6 is 11.6 Å². The SMILES string of the molecule is CCCCc1cc(=O)oc2c3c(ccc12)OC[NH+](Cc1ccc(Cl)cc1)C3. The molecule has 0 saturated carbocycles. The van der Waals surface area contributed by atoms with Crippen molar-refractivity contribution in [3.63, 3.8) is 0 Å². The van der Waals surface area contributed by atoms with Crippen molar-refractivity contribution in [3.05, 3.63) is 74.6 Å². The van der Waals surface area contributed by atoms with E-state index in [1.807, 2.05) is 36.4 Å². The Labute approximate surface area is 163 Å². The lowest BCUT2D eigenvalue weighted by Gasteiger charge is -2.26. The molecule has 0 saturated heterocycles.